The number of likely N-dealkylation sites (N-methyl/N-ethyl adjacent to an activating group) is 1. The summed E-state index contributed by atoms with van der Waals surface area (Å²) in [6, 6.07) is 0.577. The van der Waals surface area contributed by atoms with Gasteiger partial charge in [-0.1, -0.05) is 6.42 Å². The Morgan fingerprint density at radius 1 is 1.17 bits per heavy atom. The van der Waals surface area contributed by atoms with E-state index in [9.17, 15) is 0 Å². The molecular weight excluding hydrogens is 224 g/mol. The molecule has 0 bridgehead atoms. The maximum Gasteiger partial charge on any atom is 0.225 e. The number of piperidine rings is 1. The zero-order valence-electron chi connectivity index (χ0n) is 11.1. The van der Waals surface area contributed by atoms with Gasteiger partial charge in [-0.2, -0.15) is 0 Å². The molecule has 1 aromatic rings. The van der Waals surface area contributed by atoms with Crippen LogP contribution in [0, 0.1) is 0 Å². The molecule has 0 aromatic carbocycles. The van der Waals surface area contributed by atoms with Crippen molar-refractivity contribution in [2.24, 2.45) is 0 Å². The second-order valence-electron chi connectivity index (χ2n) is 5.52. The largest absolute Gasteiger partial charge is 0.339 e. The first-order valence-electron chi connectivity index (χ1n) is 7.11. The molecule has 4 heteroatoms. The highest BCUT2D eigenvalue weighted by molar-refractivity contribution is 5.32. The molecule has 1 saturated heterocycles. The number of anilines is 1. The van der Waals surface area contributed by atoms with E-state index in [0.717, 1.165) is 25.0 Å². The molecular formula is C14H22N4. The summed E-state index contributed by atoms with van der Waals surface area (Å²) in [7, 11) is 2.04. The average molecular weight is 246 g/mol. The first-order chi connectivity index (χ1) is 8.86. The van der Waals surface area contributed by atoms with Gasteiger partial charge < -0.3 is 10.2 Å². The summed E-state index contributed by atoms with van der Waals surface area (Å²) >= 11 is 0. The number of aromatic nitrogens is 2. The first kappa shape index (κ1) is 11.9. The monoisotopic (exact) mass is 246 g/mol. The van der Waals surface area contributed by atoms with Crippen LogP contribution in [0.3, 0.4) is 0 Å². The van der Waals surface area contributed by atoms with Crippen molar-refractivity contribution in [1.82, 2.24) is 15.3 Å². The molecule has 3 rings (SSSR count). The molecule has 2 heterocycles. The molecule has 18 heavy (non-hydrogen) atoms. The molecule has 1 atom stereocenters. The molecule has 2 aliphatic rings. The molecule has 1 unspecified atom stereocenters. The normalized spacial score (nSPS) is 24.9. The molecule has 1 N–H and O–H groups in total. The van der Waals surface area contributed by atoms with Crippen LogP contribution in [0.5, 0.6) is 0 Å². The Balaban J connectivity index is 1.67. The van der Waals surface area contributed by atoms with E-state index >= 15 is 0 Å². The zero-order chi connectivity index (χ0) is 12.4. The van der Waals surface area contributed by atoms with Gasteiger partial charge in [0.2, 0.25) is 5.95 Å². The van der Waals surface area contributed by atoms with Crippen LogP contribution in [-0.4, -0.2) is 36.1 Å². The third kappa shape index (κ3) is 2.34. The molecule has 2 fully saturated rings. The van der Waals surface area contributed by atoms with E-state index in [-0.39, 0.29) is 0 Å². The van der Waals surface area contributed by atoms with E-state index in [2.05, 4.69) is 20.2 Å². The molecule has 1 aromatic heterocycles. The third-order valence-corrected chi connectivity index (χ3v) is 4.35. The molecule has 4 nitrogen and oxygen atoms in total. The van der Waals surface area contributed by atoms with Crippen molar-refractivity contribution in [2.45, 2.75) is 44.1 Å². The summed E-state index contributed by atoms with van der Waals surface area (Å²) in [6.07, 6.45) is 10.5. The number of hydrogen-bond donors (Lipinski definition) is 1. The summed E-state index contributed by atoms with van der Waals surface area (Å²) in [5, 5.41) is 3.35. The van der Waals surface area contributed by atoms with Crippen LogP contribution >= 0.6 is 0 Å². The number of rotatable bonds is 3. The second kappa shape index (κ2) is 5.22. The first-order valence-corrected chi connectivity index (χ1v) is 7.11. The van der Waals surface area contributed by atoms with Gasteiger partial charge in [0.15, 0.2) is 0 Å². The van der Waals surface area contributed by atoms with Crippen LogP contribution in [0.2, 0.25) is 0 Å². The maximum absolute atomic E-state index is 4.56. The van der Waals surface area contributed by atoms with Gasteiger partial charge in [-0.15, -0.1) is 0 Å². The molecule has 0 spiro atoms. The lowest BCUT2D eigenvalue weighted by Crippen LogP contribution is -2.45. The van der Waals surface area contributed by atoms with Gasteiger partial charge in [-0.05, 0) is 44.2 Å². The van der Waals surface area contributed by atoms with Gasteiger partial charge in [-0.25, -0.2) is 9.97 Å². The van der Waals surface area contributed by atoms with Crippen LogP contribution in [0.4, 0.5) is 5.95 Å². The van der Waals surface area contributed by atoms with Crippen LogP contribution in [0.15, 0.2) is 12.4 Å². The highest BCUT2D eigenvalue weighted by Gasteiger charge is 2.22. The van der Waals surface area contributed by atoms with Gasteiger partial charge in [-0.3, -0.25) is 0 Å². The second-order valence-corrected chi connectivity index (χ2v) is 5.52. The molecule has 0 amide bonds. The predicted molar refractivity (Wildman–Crippen MR) is 72.9 cm³/mol. The summed E-state index contributed by atoms with van der Waals surface area (Å²) in [5.41, 5.74) is 1.33. The van der Waals surface area contributed by atoms with E-state index in [0.29, 0.717) is 6.04 Å². The van der Waals surface area contributed by atoms with Crippen molar-refractivity contribution >= 4 is 5.95 Å². The van der Waals surface area contributed by atoms with Crippen molar-refractivity contribution in [3.63, 3.8) is 0 Å². The fourth-order valence-corrected chi connectivity index (χ4v) is 2.84. The van der Waals surface area contributed by atoms with Crippen molar-refractivity contribution in [3.8, 4) is 0 Å². The lowest BCUT2D eigenvalue weighted by Gasteiger charge is -2.33. The molecule has 1 aliphatic carbocycles. The minimum absolute atomic E-state index is 0.577. The lowest BCUT2D eigenvalue weighted by atomic mass is 9.81. The van der Waals surface area contributed by atoms with Crippen LogP contribution < -0.4 is 10.2 Å². The van der Waals surface area contributed by atoms with E-state index in [1.165, 1.54) is 37.7 Å². The molecule has 1 aliphatic heterocycles. The Hall–Kier alpha value is -1.16. The Morgan fingerprint density at radius 2 is 1.94 bits per heavy atom. The van der Waals surface area contributed by atoms with Crippen LogP contribution in [-0.2, 0) is 0 Å². The molecule has 0 radical (unpaired) electrons. The van der Waals surface area contributed by atoms with Crippen molar-refractivity contribution in [1.29, 1.82) is 0 Å². The Morgan fingerprint density at radius 3 is 2.56 bits per heavy atom. The molecule has 1 saturated carbocycles. The van der Waals surface area contributed by atoms with Crippen LogP contribution in [0.25, 0.3) is 0 Å². The topological polar surface area (TPSA) is 41.0 Å². The predicted octanol–water partition coefficient (Wildman–Crippen LogP) is 1.93. The summed E-state index contributed by atoms with van der Waals surface area (Å²) in [6.45, 7) is 2.11. The average Bonchev–Trinajstić information content (AvgIpc) is 2.38. The van der Waals surface area contributed by atoms with Gasteiger partial charge in [0.1, 0.15) is 0 Å². The summed E-state index contributed by atoms with van der Waals surface area (Å²) < 4.78 is 0. The Bertz CT molecular complexity index is 385. The Labute approximate surface area is 109 Å². The Kier molecular flexibility index (Phi) is 3.46. The highest BCUT2D eigenvalue weighted by Crippen LogP contribution is 2.35. The summed E-state index contributed by atoms with van der Waals surface area (Å²) in [5.74, 6) is 1.63. The number of nitrogens with zero attached hydrogens (tertiary/aromatic N) is 3. The van der Waals surface area contributed by atoms with E-state index in [1.807, 2.05) is 19.4 Å². The van der Waals surface area contributed by atoms with Crippen molar-refractivity contribution < 1.29 is 0 Å². The third-order valence-electron chi connectivity index (χ3n) is 4.35. The van der Waals surface area contributed by atoms with Crippen molar-refractivity contribution in [2.75, 3.05) is 25.0 Å². The zero-order valence-corrected chi connectivity index (χ0v) is 11.1. The minimum atomic E-state index is 0.577. The maximum atomic E-state index is 4.56. The van der Waals surface area contributed by atoms with Gasteiger partial charge in [0, 0.05) is 31.5 Å². The standard InChI is InChI=1S/C14H22N4/c1-15-13-6-3-7-18(10-13)14-16-8-12(9-17-14)11-4-2-5-11/h8-9,11,13,15H,2-7,10H2,1H3. The van der Waals surface area contributed by atoms with E-state index in [1.54, 1.807) is 0 Å². The van der Waals surface area contributed by atoms with E-state index in [4.69, 9.17) is 0 Å². The number of nitrogens with one attached hydrogen (secondary N) is 1. The van der Waals surface area contributed by atoms with Gasteiger partial charge in [0.05, 0.1) is 0 Å². The van der Waals surface area contributed by atoms with Gasteiger partial charge in [0.25, 0.3) is 0 Å². The van der Waals surface area contributed by atoms with Crippen LogP contribution in [0.1, 0.15) is 43.6 Å². The fraction of sp³-hybridized carbons (Fsp3) is 0.714. The summed E-state index contributed by atoms with van der Waals surface area (Å²) in [4.78, 5) is 11.4. The van der Waals surface area contributed by atoms with E-state index < -0.39 is 0 Å². The lowest BCUT2D eigenvalue weighted by molar-refractivity contribution is 0.417. The molecule has 98 valence electrons. The van der Waals surface area contributed by atoms with Crippen molar-refractivity contribution in [3.05, 3.63) is 18.0 Å². The smallest absolute Gasteiger partial charge is 0.225 e. The minimum Gasteiger partial charge on any atom is -0.339 e. The number of hydrogen-bond acceptors (Lipinski definition) is 4. The SMILES string of the molecule is CNC1CCCN(c2ncc(C3CCC3)cn2)C1. The fourth-order valence-electron chi connectivity index (χ4n) is 2.84. The van der Waals surface area contributed by atoms with Gasteiger partial charge >= 0.3 is 0 Å². The highest BCUT2D eigenvalue weighted by atomic mass is 15.3. The quantitative estimate of drug-likeness (QED) is 0.885.